The van der Waals surface area contributed by atoms with Crippen LogP contribution in [0.4, 0.5) is 0 Å². The van der Waals surface area contributed by atoms with Crippen molar-refractivity contribution in [2.24, 2.45) is 5.10 Å². The maximum absolute atomic E-state index is 12.3. The number of carbonyl (C=O) groups is 1. The van der Waals surface area contributed by atoms with E-state index in [1.807, 2.05) is 6.07 Å². The van der Waals surface area contributed by atoms with Crippen LogP contribution in [-0.4, -0.2) is 31.3 Å². The molecule has 3 N–H and O–H groups in total. The zero-order chi connectivity index (χ0) is 20.8. The average Bonchev–Trinajstić information content (AvgIpc) is 2.74. The third-order valence-electron chi connectivity index (χ3n) is 4.21. The van der Waals surface area contributed by atoms with Gasteiger partial charge in [0, 0.05) is 18.0 Å². The van der Waals surface area contributed by atoms with E-state index in [4.69, 9.17) is 0 Å². The van der Waals surface area contributed by atoms with Crippen LogP contribution in [0.3, 0.4) is 0 Å². The van der Waals surface area contributed by atoms with Gasteiger partial charge in [-0.3, -0.25) is 24.1 Å². The zero-order valence-corrected chi connectivity index (χ0v) is 15.6. The van der Waals surface area contributed by atoms with Crippen LogP contribution >= 0.6 is 0 Å². The lowest BCUT2D eigenvalue weighted by molar-refractivity contribution is 0.0954. The highest BCUT2D eigenvalue weighted by Gasteiger charge is 2.19. The molecule has 0 spiro atoms. The van der Waals surface area contributed by atoms with E-state index in [1.165, 1.54) is 24.5 Å². The molecule has 0 radical (unpaired) electrons. The Kier molecular flexibility index (Phi) is 5.98. The van der Waals surface area contributed by atoms with Crippen molar-refractivity contribution >= 4 is 11.6 Å². The minimum atomic E-state index is -0.782. The Bertz CT molecular complexity index is 1150. The summed E-state index contributed by atoms with van der Waals surface area (Å²) in [6.45, 7) is 1.78. The molecular formula is C20H19N5O4. The molecular weight excluding hydrogens is 374 g/mol. The second-order valence-corrected chi connectivity index (χ2v) is 6.12. The first kappa shape index (κ1) is 19.7. The van der Waals surface area contributed by atoms with E-state index < -0.39 is 23.0 Å². The molecule has 0 aliphatic heterocycles. The van der Waals surface area contributed by atoms with E-state index in [0.29, 0.717) is 5.56 Å². The summed E-state index contributed by atoms with van der Waals surface area (Å²) in [7, 11) is 0. The third kappa shape index (κ3) is 4.46. The van der Waals surface area contributed by atoms with Crippen molar-refractivity contribution in [1.29, 1.82) is 0 Å². The molecule has 0 saturated carbocycles. The Labute approximate surface area is 165 Å². The maximum atomic E-state index is 12.3. The van der Waals surface area contributed by atoms with Crippen molar-refractivity contribution in [3.8, 4) is 5.88 Å². The number of aromatic hydroxyl groups is 1. The summed E-state index contributed by atoms with van der Waals surface area (Å²) in [4.78, 5) is 42.8. The number of aromatic amines is 1. The number of benzene rings is 1. The second-order valence-electron chi connectivity index (χ2n) is 6.12. The lowest BCUT2D eigenvalue weighted by Crippen LogP contribution is -2.34. The highest BCUT2D eigenvalue weighted by atomic mass is 16.3. The van der Waals surface area contributed by atoms with E-state index in [9.17, 15) is 19.5 Å². The lowest BCUT2D eigenvalue weighted by Gasteiger charge is -2.12. The van der Waals surface area contributed by atoms with Gasteiger partial charge in [-0.05, 0) is 24.1 Å². The molecule has 1 aromatic carbocycles. The molecule has 29 heavy (non-hydrogen) atoms. The predicted octanol–water partition coefficient (Wildman–Crippen LogP) is 1.23. The topological polar surface area (TPSA) is 129 Å². The molecule has 148 valence electrons. The van der Waals surface area contributed by atoms with Crippen LogP contribution in [0.15, 0.2) is 69.5 Å². The summed E-state index contributed by atoms with van der Waals surface area (Å²) >= 11 is 0. The van der Waals surface area contributed by atoms with Crippen LogP contribution in [0.5, 0.6) is 5.88 Å². The Balaban J connectivity index is 1.97. The summed E-state index contributed by atoms with van der Waals surface area (Å²) < 4.78 is 1.04. The van der Waals surface area contributed by atoms with Crippen molar-refractivity contribution in [3.05, 3.63) is 92.4 Å². The fourth-order valence-corrected chi connectivity index (χ4v) is 2.73. The largest absolute Gasteiger partial charge is 0.494 e. The minimum Gasteiger partial charge on any atom is -0.494 e. The number of nitrogens with one attached hydrogen (secondary N) is 2. The van der Waals surface area contributed by atoms with Crippen LogP contribution in [0, 0.1) is 0 Å². The number of carbonyl (C=O) groups excluding carboxylic acids is 1. The molecule has 0 saturated heterocycles. The molecule has 0 unspecified atom stereocenters. The highest BCUT2D eigenvalue weighted by molar-refractivity contribution is 6.03. The van der Waals surface area contributed by atoms with Gasteiger partial charge < -0.3 is 5.11 Å². The molecule has 1 amide bonds. The SMILES string of the molecule is CC/C(=N\NC(=O)c1ccncc1)c1c(O)n(Cc2ccccc2)c(=O)[nH]c1=O. The standard InChI is InChI=1S/C20H19N5O4/c1-2-15(23-24-17(26)14-8-10-21-11-9-14)16-18(27)22-20(29)25(19(16)28)12-13-6-4-3-5-7-13/h3-11,28H,2,12H2,1H3,(H,24,26)(H,22,27,29)/b23-15+. The summed E-state index contributed by atoms with van der Waals surface area (Å²) in [5.41, 5.74) is 1.91. The van der Waals surface area contributed by atoms with E-state index in [0.717, 1.165) is 10.1 Å². The number of hydrazone groups is 1. The van der Waals surface area contributed by atoms with Gasteiger partial charge in [-0.25, -0.2) is 10.2 Å². The Morgan fingerprint density at radius 3 is 2.52 bits per heavy atom. The number of hydrogen-bond acceptors (Lipinski definition) is 6. The molecule has 9 nitrogen and oxygen atoms in total. The van der Waals surface area contributed by atoms with Crippen molar-refractivity contribution in [3.63, 3.8) is 0 Å². The predicted molar refractivity (Wildman–Crippen MR) is 107 cm³/mol. The van der Waals surface area contributed by atoms with E-state index in [2.05, 4.69) is 20.5 Å². The fourth-order valence-electron chi connectivity index (χ4n) is 2.73. The van der Waals surface area contributed by atoms with Gasteiger partial charge in [-0.1, -0.05) is 37.3 Å². The number of pyridine rings is 1. The first-order valence-corrected chi connectivity index (χ1v) is 8.88. The van der Waals surface area contributed by atoms with Gasteiger partial charge in [0.25, 0.3) is 11.5 Å². The van der Waals surface area contributed by atoms with Crippen molar-refractivity contribution in [1.82, 2.24) is 20.0 Å². The molecule has 2 aromatic heterocycles. The quantitative estimate of drug-likeness (QED) is 0.428. The van der Waals surface area contributed by atoms with Gasteiger partial charge in [-0.15, -0.1) is 0 Å². The van der Waals surface area contributed by atoms with Gasteiger partial charge in [0.15, 0.2) is 0 Å². The van der Waals surface area contributed by atoms with Crippen molar-refractivity contribution in [2.45, 2.75) is 19.9 Å². The molecule has 9 heteroatoms. The number of hydrogen-bond donors (Lipinski definition) is 3. The number of nitrogens with zero attached hydrogens (tertiary/aromatic N) is 3. The van der Waals surface area contributed by atoms with E-state index in [1.54, 1.807) is 31.2 Å². The van der Waals surface area contributed by atoms with Crippen LogP contribution in [0.2, 0.25) is 0 Å². The van der Waals surface area contributed by atoms with Crippen molar-refractivity contribution < 1.29 is 9.90 Å². The van der Waals surface area contributed by atoms with Gasteiger partial charge in [0.1, 0.15) is 5.56 Å². The number of aromatic nitrogens is 3. The van der Waals surface area contributed by atoms with Crippen LogP contribution in [-0.2, 0) is 6.54 Å². The molecule has 0 aliphatic carbocycles. The van der Waals surface area contributed by atoms with Gasteiger partial charge in [0.2, 0.25) is 5.88 Å². The first-order valence-electron chi connectivity index (χ1n) is 8.88. The van der Waals surface area contributed by atoms with Gasteiger partial charge in [-0.2, -0.15) is 5.10 Å². The smallest absolute Gasteiger partial charge is 0.331 e. The van der Waals surface area contributed by atoms with Gasteiger partial charge >= 0.3 is 5.69 Å². The third-order valence-corrected chi connectivity index (χ3v) is 4.21. The summed E-state index contributed by atoms with van der Waals surface area (Å²) in [5, 5.41) is 14.6. The molecule has 0 atom stereocenters. The zero-order valence-electron chi connectivity index (χ0n) is 15.6. The first-order chi connectivity index (χ1) is 14.0. The van der Waals surface area contributed by atoms with Crippen LogP contribution in [0.1, 0.15) is 34.8 Å². The van der Waals surface area contributed by atoms with Crippen LogP contribution in [0.25, 0.3) is 0 Å². The molecule has 0 bridgehead atoms. The van der Waals surface area contributed by atoms with Crippen molar-refractivity contribution in [2.75, 3.05) is 0 Å². The molecule has 0 aliphatic rings. The molecule has 3 aromatic rings. The fraction of sp³-hybridized carbons (Fsp3) is 0.150. The number of amides is 1. The monoisotopic (exact) mass is 393 g/mol. The molecule has 0 fully saturated rings. The maximum Gasteiger partial charge on any atom is 0.331 e. The highest BCUT2D eigenvalue weighted by Crippen LogP contribution is 2.15. The van der Waals surface area contributed by atoms with Crippen LogP contribution < -0.4 is 16.7 Å². The minimum absolute atomic E-state index is 0.0651. The Morgan fingerprint density at radius 1 is 1.17 bits per heavy atom. The van der Waals surface area contributed by atoms with E-state index >= 15 is 0 Å². The summed E-state index contributed by atoms with van der Waals surface area (Å²) in [6, 6.07) is 12.1. The van der Waals surface area contributed by atoms with Gasteiger partial charge in [0.05, 0.1) is 12.3 Å². The Morgan fingerprint density at radius 2 is 1.86 bits per heavy atom. The normalized spacial score (nSPS) is 11.3. The van der Waals surface area contributed by atoms with E-state index in [-0.39, 0.29) is 24.2 Å². The number of H-pyrrole nitrogens is 1. The summed E-state index contributed by atoms with van der Waals surface area (Å²) in [5.74, 6) is -1.01. The average molecular weight is 393 g/mol. The molecule has 3 rings (SSSR count). The summed E-state index contributed by atoms with van der Waals surface area (Å²) in [6.07, 6.45) is 3.17. The molecule has 2 heterocycles. The number of rotatable bonds is 6. The Hall–Kier alpha value is -4.01. The lowest BCUT2D eigenvalue weighted by atomic mass is 10.1. The second kappa shape index (κ2) is 8.79.